The first-order valence-corrected chi connectivity index (χ1v) is 8.42. The Morgan fingerprint density at radius 2 is 1.65 bits per heavy atom. The maximum absolute atomic E-state index is 11.3. The molecule has 0 aliphatic heterocycles. The van der Waals surface area contributed by atoms with Crippen molar-refractivity contribution in [1.82, 2.24) is 0 Å². The van der Waals surface area contributed by atoms with Crippen molar-refractivity contribution >= 4 is 33.0 Å². The molecule has 0 saturated carbocycles. The molecule has 0 bridgehead atoms. The minimum absolute atomic E-state index is 0.0985. The van der Waals surface area contributed by atoms with E-state index in [1.54, 1.807) is 0 Å². The summed E-state index contributed by atoms with van der Waals surface area (Å²) in [6.07, 6.45) is 1.67. The molecule has 0 unspecified atom stereocenters. The van der Waals surface area contributed by atoms with E-state index in [4.69, 9.17) is 23.2 Å². The number of sulfone groups is 1. The van der Waals surface area contributed by atoms with Crippen molar-refractivity contribution in [2.45, 2.75) is 11.8 Å². The van der Waals surface area contributed by atoms with E-state index in [1.807, 2.05) is 30.3 Å². The van der Waals surface area contributed by atoms with Gasteiger partial charge in [0.15, 0.2) is 0 Å². The molecule has 96 valence electrons. The second-order valence-corrected chi connectivity index (χ2v) is 7.09. The molecule has 5 heteroatoms. The van der Waals surface area contributed by atoms with Crippen LogP contribution in [0.2, 0.25) is 0 Å². The molecule has 1 rings (SSSR count). The fraction of sp³-hybridized carbons (Fsp3) is 0.500. The van der Waals surface area contributed by atoms with Gasteiger partial charge in [0.1, 0.15) is 9.84 Å². The first kappa shape index (κ1) is 14.8. The Kier molecular flexibility index (Phi) is 5.29. The van der Waals surface area contributed by atoms with Gasteiger partial charge in [0.05, 0.1) is 5.75 Å². The molecule has 1 aromatic carbocycles. The first-order chi connectivity index (χ1) is 7.93. The van der Waals surface area contributed by atoms with Gasteiger partial charge >= 0.3 is 0 Å². The third kappa shape index (κ3) is 4.16. The normalized spacial score (nSPS) is 12.6. The van der Waals surface area contributed by atoms with Gasteiger partial charge < -0.3 is 0 Å². The Labute approximate surface area is 113 Å². The summed E-state index contributed by atoms with van der Waals surface area (Å²) in [5, 5.41) is 0. The predicted octanol–water partition coefficient (Wildman–Crippen LogP) is 2.84. The van der Waals surface area contributed by atoms with Gasteiger partial charge in [-0.1, -0.05) is 30.3 Å². The van der Waals surface area contributed by atoms with Crippen LogP contribution in [0.1, 0.15) is 12.0 Å². The fourth-order valence-corrected chi connectivity index (χ4v) is 3.26. The maximum Gasteiger partial charge on any atom is 0.147 e. The molecule has 0 fully saturated rings. The maximum atomic E-state index is 11.3. The van der Waals surface area contributed by atoms with Crippen LogP contribution in [0.5, 0.6) is 0 Å². The molecule has 0 amide bonds. The molecule has 0 spiro atoms. The molecule has 2 nitrogen and oxygen atoms in total. The van der Waals surface area contributed by atoms with Crippen LogP contribution in [0.3, 0.4) is 0 Å². The Hall–Kier alpha value is -0.250. The lowest BCUT2D eigenvalue weighted by Crippen LogP contribution is -2.33. The Morgan fingerprint density at radius 1 is 1.12 bits per heavy atom. The van der Waals surface area contributed by atoms with Crippen molar-refractivity contribution < 1.29 is 8.42 Å². The van der Waals surface area contributed by atoms with Crippen molar-refractivity contribution in [2.75, 3.05) is 23.8 Å². The van der Waals surface area contributed by atoms with Crippen molar-refractivity contribution in [3.63, 3.8) is 0 Å². The van der Waals surface area contributed by atoms with Gasteiger partial charge in [-0.3, -0.25) is 0 Å². The van der Waals surface area contributed by atoms with Crippen LogP contribution >= 0.6 is 23.2 Å². The molecule has 0 radical (unpaired) electrons. The highest BCUT2D eigenvalue weighted by Crippen LogP contribution is 2.31. The van der Waals surface area contributed by atoms with Crippen LogP contribution in [0.25, 0.3) is 0 Å². The molecule has 0 saturated heterocycles. The van der Waals surface area contributed by atoms with E-state index in [0.717, 1.165) is 5.56 Å². The van der Waals surface area contributed by atoms with Gasteiger partial charge in [0, 0.05) is 23.4 Å². The van der Waals surface area contributed by atoms with E-state index in [1.165, 1.54) is 6.26 Å². The molecule has 1 aromatic rings. The average molecular weight is 295 g/mol. The average Bonchev–Trinajstić information content (AvgIpc) is 2.31. The highest BCUT2D eigenvalue weighted by molar-refractivity contribution is 7.90. The molecular weight excluding hydrogens is 279 g/mol. The number of hydrogen-bond acceptors (Lipinski definition) is 2. The Bertz CT molecular complexity index is 439. The van der Waals surface area contributed by atoms with Gasteiger partial charge in [-0.25, -0.2) is 8.42 Å². The Morgan fingerprint density at radius 3 is 2.06 bits per heavy atom. The summed E-state index contributed by atoms with van der Waals surface area (Å²) in [5.41, 5.74) is 0.529. The summed E-state index contributed by atoms with van der Waals surface area (Å²) in [6, 6.07) is 9.60. The lowest BCUT2D eigenvalue weighted by Gasteiger charge is -2.30. The second kappa shape index (κ2) is 6.07. The molecular formula is C12H16Cl2O2S. The molecule has 0 aliphatic rings. The standard InChI is InChI=1S/C12H16Cl2O2S/c1-17(15,16)8-7-12(9-13,10-14)11-5-3-2-4-6-11/h2-6H,7-10H2,1H3. The molecule has 0 atom stereocenters. The smallest absolute Gasteiger partial charge is 0.147 e. The van der Waals surface area contributed by atoms with Gasteiger partial charge in [-0.15, -0.1) is 23.2 Å². The van der Waals surface area contributed by atoms with E-state index in [2.05, 4.69) is 0 Å². The summed E-state index contributed by atoms with van der Waals surface area (Å²) in [4.78, 5) is 0. The zero-order valence-electron chi connectivity index (χ0n) is 9.70. The molecule has 0 N–H and O–H groups in total. The SMILES string of the molecule is CS(=O)(=O)CCC(CCl)(CCl)c1ccccc1. The van der Waals surface area contributed by atoms with E-state index in [0.29, 0.717) is 18.2 Å². The van der Waals surface area contributed by atoms with E-state index < -0.39 is 15.3 Å². The van der Waals surface area contributed by atoms with Crippen LogP contribution in [-0.4, -0.2) is 32.2 Å². The third-order valence-electron chi connectivity index (χ3n) is 2.85. The minimum atomic E-state index is -3.00. The zero-order valence-corrected chi connectivity index (χ0v) is 12.0. The van der Waals surface area contributed by atoms with Gasteiger partial charge in [-0.2, -0.15) is 0 Å². The van der Waals surface area contributed by atoms with Crippen molar-refractivity contribution in [3.05, 3.63) is 35.9 Å². The van der Waals surface area contributed by atoms with Gasteiger partial charge in [-0.05, 0) is 12.0 Å². The summed E-state index contributed by atoms with van der Waals surface area (Å²) >= 11 is 12.0. The quantitative estimate of drug-likeness (QED) is 0.756. The number of rotatable bonds is 6. The largest absolute Gasteiger partial charge is 0.229 e. The first-order valence-electron chi connectivity index (χ1n) is 5.29. The van der Waals surface area contributed by atoms with Crippen molar-refractivity contribution in [3.8, 4) is 0 Å². The lowest BCUT2D eigenvalue weighted by atomic mass is 9.82. The summed E-state index contributed by atoms with van der Waals surface area (Å²) in [6.45, 7) is 0. The predicted molar refractivity (Wildman–Crippen MR) is 73.9 cm³/mol. The van der Waals surface area contributed by atoms with Gasteiger partial charge in [0.2, 0.25) is 0 Å². The molecule has 0 aliphatic carbocycles. The highest BCUT2D eigenvalue weighted by atomic mass is 35.5. The van der Waals surface area contributed by atoms with Crippen LogP contribution < -0.4 is 0 Å². The van der Waals surface area contributed by atoms with E-state index in [-0.39, 0.29) is 5.75 Å². The van der Waals surface area contributed by atoms with Crippen LogP contribution in [0.4, 0.5) is 0 Å². The van der Waals surface area contributed by atoms with Crippen molar-refractivity contribution in [1.29, 1.82) is 0 Å². The molecule has 0 heterocycles. The minimum Gasteiger partial charge on any atom is -0.229 e. The highest BCUT2D eigenvalue weighted by Gasteiger charge is 2.31. The summed E-state index contributed by atoms with van der Waals surface area (Å²) < 4.78 is 22.5. The number of benzene rings is 1. The number of hydrogen-bond donors (Lipinski definition) is 0. The summed E-state index contributed by atoms with van der Waals surface area (Å²) in [5.74, 6) is 0.730. The van der Waals surface area contributed by atoms with E-state index in [9.17, 15) is 8.42 Å². The van der Waals surface area contributed by atoms with Crippen LogP contribution in [0.15, 0.2) is 30.3 Å². The third-order valence-corrected chi connectivity index (χ3v) is 4.82. The van der Waals surface area contributed by atoms with E-state index >= 15 is 0 Å². The number of alkyl halides is 2. The van der Waals surface area contributed by atoms with Crippen LogP contribution in [-0.2, 0) is 15.3 Å². The van der Waals surface area contributed by atoms with Crippen molar-refractivity contribution in [2.24, 2.45) is 0 Å². The summed E-state index contributed by atoms with van der Waals surface area (Å²) in [7, 11) is -3.00. The Balaban J connectivity index is 2.98. The van der Waals surface area contributed by atoms with Crippen LogP contribution in [0, 0.1) is 0 Å². The monoisotopic (exact) mass is 294 g/mol. The number of halogens is 2. The molecule has 17 heavy (non-hydrogen) atoms. The zero-order chi connectivity index (χ0) is 12.9. The second-order valence-electron chi connectivity index (χ2n) is 4.29. The van der Waals surface area contributed by atoms with Gasteiger partial charge in [0.25, 0.3) is 0 Å². The lowest BCUT2D eigenvalue weighted by molar-refractivity contribution is 0.513. The molecule has 0 aromatic heterocycles. The fourth-order valence-electron chi connectivity index (χ4n) is 1.64. The topological polar surface area (TPSA) is 34.1 Å².